The molecule has 6 unspecified atom stereocenters. The molecule has 3 heterocycles. The predicted molar refractivity (Wildman–Crippen MR) is 168 cm³/mol. The lowest BCUT2D eigenvalue weighted by molar-refractivity contribution is -0.0975. The Kier molecular flexibility index (Phi) is 6.68. The molecule has 3 saturated carbocycles. The predicted octanol–water partition coefficient (Wildman–Crippen LogP) is 6.91. The van der Waals surface area contributed by atoms with Crippen molar-refractivity contribution in [1.29, 1.82) is 0 Å². The third kappa shape index (κ3) is 4.21. The van der Waals surface area contributed by atoms with Gasteiger partial charge in [-0.1, -0.05) is 36.6 Å². The fourth-order valence-electron chi connectivity index (χ4n) is 9.43. The number of rotatable bonds is 0. The number of allylic oxidation sites excluding steroid dienone is 2. The zero-order valence-corrected chi connectivity index (χ0v) is 26.0. The Morgan fingerprint density at radius 3 is 2.70 bits per heavy atom. The zero-order chi connectivity index (χ0) is 31.0. The van der Waals surface area contributed by atoms with Crippen LogP contribution in [0.4, 0.5) is 0 Å². The van der Waals surface area contributed by atoms with Gasteiger partial charge in [-0.15, -0.1) is 6.42 Å². The molecule has 1 aliphatic heterocycles. The van der Waals surface area contributed by atoms with Crippen LogP contribution in [0.5, 0.6) is 11.5 Å². The van der Waals surface area contributed by atoms with Crippen molar-refractivity contribution in [2.24, 2.45) is 28.6 Å². The first kappa shape index (κ1) is 29.0. The number of hydrogen-bond acceptors (Lipinski definition) is 7. The molecule has 3 fully saturated rings. The average Bonchev–Trinajstić information content (AvgIpc) is 3.48. The highest BCUT2D eigenvalue weighted by Gasteiger charge is 2.63. The molecule has 2 N–H and O–H groups in total. The third-order valence-electron chi connectivity index (χ3n) is 12.0. The number of aliphatic hydroxyl groups is 1. The summed E-state index contributed by atoms with van der Waals surface area (Å²) in [5.41, 5.74) is 3.85. The summed E-state index contributed by atoms with van der Waals surface area (Å²) in [7, 11) is 0. The molecule has 5 aliphatic rings. The highest BCUT2D eigenvalue weighted by atomic mass is 16.5. The Bertz CT molecular complexity index is 1820. The molecular weight excluding hydrogens is 554 g/mol. The quantitative estimate of drug-likeness (QED) is 0.215. The number of benzene rings is 1. The van der Waals surface area contributed by atoms with Crippen molar-refractivity contribution >= 4 is 17.0 Å². The van der Waals surface area contributed by atoms with Gasteiger partial charge in [-0.3, -0.25) is 4.79 Å². The highest BCUT2D eigenvalue weighted by Crippen LogP contribution is 2.67. The van der Waals surface area contributed by atoms with E-state index in [1.165, 1.54) is 18.1 Å². The zero-order valence-electron chi connectivity index (χ0n) is 26.0. The van der Waals surface area contributed by atoms with Gasteiger partial charge in [-0.2, -0.15) is 0 Å². The molecule has 0 spiro atoms. The third-order valence-corrected chi connectivity index (χ3v) is 12.0. The van der Waals surface area contributed by atoms with Gasteiger partial charge >= 0.3 is 0 Å². The molecule has 0 amide bonds. The summed E-state index contributed by atoms with van der Waals surface area (Å²) in [4.78, 5) is 12.0. The summed E-state index contributed by atoms with van der Waals surface area (Å²) >= 11 is 0. The average molecular weight is 596 g/mol. The van der Waals surface area contributed by atoms with Gasteiger partial charge in [0.25, 0.3) is 0 Å². The van der Waals surface area contributed by atoms with E-state index < -0.39 is 5.60 Å². The number of hydrogen-bond donors (Lipinski definition) is 2. The van der Waals surface area contributed by atoms with Crippen molar-refractivity contribution in [3.05, 3.63) is 68.4 Å². The molecule has 4 aliphatic carbocycles. The van der Waals surface area contributed by atoms with Crippen LogP contribution in [0.3, 0.4) is 0 Å². The normalized spacial score (nSPS) is 33.4. The summed E-state index contributed by atoms with van der Waals surface area (Å²) in [5, 5.41) is 25.6. The summed E-state index contributed by atoms with van der Waals surface area (Å²) < 4.78 is 16.6. The first-order chi connectivity index (χ1) is 21.0. The second-order valence-electron chi connectivity index (χ2n) is 14.2. The highest BCUT2D eigenvalue weighted by molar-refractivity contribution is 5.87. The van der Waals surface area contributed by atoms with Crippen molar-refractivity contribution in [2.75, 3.05) is 6.61 Å². The first-order valence-electron chi connectivity index (χ1n) is 15.9. The van der Waals surface area contributed by atoms with Gasteiger partial charge in [0.05, 0.1) is 6.20 Å². The number of fused-ring (bicyclic) bond motifs is 8. The molecule has 7 heteroatoms. The van der Waals surface area contributed by atoms with E-state index in [0.29, 0.717) is 53.4 Å². The van der Waals surface area contributed by atoms with Gasteiger partial charge in [0.2, 0.25) is 0 Å². The number of nitrogens with zero attached hydrogens (tertiary/aromatic N) is 1. The molecule has 7 nitrogen and oxygen atoms in total. The van der Waals surface area contributed by atoms with Crippen LogP contribution in [0, 0.1) is 47.9 Å². The Labute approximate surface area is 258 Å². The fraction of sp³-hybridized carbons (Fsp3) is 0.514. The van der Waals surface area contributed by atoms with Gasteiger partial charge in [-0.05, 0) is 100 Å². The number of ether oxygens (including phenoxy) is 1. The van der Waals surface area contributed by atoms with E-state index in [9.17, 15) is 15.0 Å². The molecule has 1 aromatic carbocycles. The first-order valence-corrected chi connectivity index (χ1v) is 15.9. The van der Waals surface area contributed by atoms with Crippen molar-refractivity contribution in [2.45, 2.75) is 84.7 Å². The number of phenolic OH excluding ortho intramolecular Hbond substituents is 1. The molecule has 230 valence electrons. The lowest BCUT2D eigenvalue weighted by Crippen LogP contribution is -2.54. The topological polar surface area (TPSA) is 106 Å². The maximum absolute atomic E-state index is 12.0. The van der Waals surface area contributed by atoms with Crippen LogP contribution in [-0.2, 0) is 12.8 Å². The second-order valence-corrected chi connectivity index (χ2v) is 14.2. The van der Waals surface area contributed by atoms with Crippen molar-refractivity contribution in [3.8, 4) is 23.8 Å². The van der Waals surface area contributed by atoms with Crippen molar-refractivity contribution < 1.29 is 23.9 Å². The summed E-state index contributed by atoms with van der Waals surface area (Å²) in [6.07, 6.45) is 19.9. The Hall–Kier alpha value is -3.76. The number of terminal acetylenes is 1. The largest absolute Gasteiger partial charge is 0.507 e. The van der Waals surface area contributed by atoms with E-state index in [-0.39, 0.29) is 27.4 Å². The molecule has 0 radical (unpaired) electrons. The van der Waals surface area contributed by atoms with Crippen LogP contribution in [0.2, 0.25) is 0 Å². The Morgan fingerprint density at radius 1 is 1.11 bits per heavy atom. The molecule has 3 aromatic rings. The van der Waals surface area contributed by atoms with Gasteiger partial charge in [0.1, 0.15) is 40.4 Å². The number of aryl methyl sites for hydroxylation is 1. The number of aromatic hydroxyl groups is 1. The van der Waals surface area contributed by atoms with Crippen LogP contribution in [0.15, 0.2) is 49.3 Å². The number of phenols is 1. The second kappa shape index (κ2) is 10.1. The van der Waals surface area contributed by atoms with E-state index in [1.54, 1.807) is 18.6 Å². The van der Waals surface area contributed by atoms with E-state index >= 15 is 0 Å². The van der Waals surface area contributed by atoms with Gasteiger partial charge in [-0.25, -0.2) is 0 Å². The van der Waals surface area contributed by atoms with E-state index in [0.717, 1.165) is 49.9 Å². The minimum atomic E-state index is -0.909. The van der Waals surface area contributed by atoms with Crippen LogP contribution in [0.25, 0.3) is 17.0 Å². The molecule has 6 atom stereocenters. The SMILES string of the molecule is C#CC1(O)CCC2C3CCC4=Cc5oncc5CC4(C)C3CCC21C.CC1=CCc2c(cc3oc(C)cc(=O)c3c2O)OC1. The van der Waals surface area contributed by atoms with Crippen LogP contribution in [0.1, 0.15) is 81.9 Å². The smallest absolute Gasteiger partial charge is 0.196 e. The fourth-order valence-corrected chi connectivity index (χ4v) is 9.43. The maximum atomic E-state index is 12.0. The minimum Gasteiger partial charge on any atom is -0.507 e. The minimum absolute atomic E-state index is 0.0350. The van der Waals surface area contributed by atoms with Gasteiger partial charge in [0, 0.05) is 28.7 Å². The van der Waals surface area contributed by atoms with Gasteiger partial charge < -0.3 is 23.9 Å². The van der Waals surface area contributed by atoms with E-state index in [2.05, 4.69) is 31.0 Å². The molecule has 44 heavy (non-hydrogen) atoms. The summed E-state index contributed by atoms with van der Waals surface area (Å²) in [6.45, 7) is 8.87. The Balaban J connectivity index is 0.000000148. The maximum Gasteiger partial charge on any atom is 0.196 e. The summed E-state index contributed by atoms with van der Waals surface area (Å²) in [5.74, 6) is 6.69. The molecule has 2 aromatic heterocycles. The lowest BCUT2D eigenvalue weighted by atomic mass is 9.46. The van der Waals surface area contributed by atoms with Crippen molar-refractivity contribution in [1.82, 2.24) is 5.16 Å². The van der Waals surface area contributed by atoms with Crippen LogP contribution >= 0.6 is 0 Å². The Morgan fingerprint density at radius 2 is 1.91 bits per heavy atom. The summed E-state index contributed by atoms with van der Waals surface area (Å²) in [6, 6.07) is 3.07. The van der Waals surface area contributed by atoms with Crippen molar-refractivity contribution in [3.63, 3.8) is 0 Å². The monoisotopic (exact) mass is 595 g/mol. The molecule has 0 bridgehead atoms. The van der Waals surface area contributed by atoms with E-state index in [1.807, 2.05) is 19.2 Å². The lowest BCUT2D eigenvalue weighted by Gasteiger charge is -2.58. The van der Waals surface area contributed by atoms with Crippen LogP contribution in [-0.4, -0.2) is 27.6 Å². The van der Waals surface area contributed by atoms with E-state index in [4.69, 9.17) is 20.1 Å². The molecule has 8 rings (SSSR count). The van der Waals surface area contributed by atoms with Gasteiger partial charge in [0.15, 0.2) is 11.2 Å². The van der Waals surface area contributed by atoms with Crippen LogP contribution < -0.4 is 10.2 Å². The number of aromatic nitrogens is 1. The molecule has 0 saturated heterocycles. The molecular formula is C37H41NO6. The standard InChI is InChI=1S/C22H27NO2.C15H14O4/c1-4-22(24)10-8-18-16-6-5-15-11-19-14(13-23-25-19)12-20(15,2)17(16)7-9-21(18,22)3;1-8-3-4-10-12(18-7-8)6-13-14(15(10)17)11(16)5-9(2)19-13/h1,11,13,16-18,24H,5-10,12H2,2-3H3;3,5-6,17H,4,7H2,1-2H3.